The van der Waals surface area contributed by atoms with Crippen LogP contribution in [-0.4, -0.2) is 56.1 Å². The van der Waals surface area contributed by atoms with E-state index in [1.807, 2.05) is 0 Å². The summed E-state index contributed by atoms with van der Waals surface area (Å²) < 4.78 is 6.40. The lowest BCUT2D eigenvalue weighted by Gasteiger charge is -2.24. The molecule has 1 aromatic heterocycles. The molecule has 0 radical (unpaired) electrons. The Hall–Kier alpha value is -3.44. The van der Waals surface area contributed by atoms with E-state index in [0.717, 1.165) is 5.56 Å². The van der Waals surface area contributed by atoms with Gasteiger partial charge in [0, 0.05) is 36.3 Å². The molecular formula is C24H32N4O7. The number of carbonyl (C=O) groups is 2. The van der Waals surface area contributed by atoms with Crippen LogP contribution >= 0.6 is 0 Å². The summed E-state index contributed by atoms with van der Waals surface area (Å²) >= 11 is 0. The molecule has 1 aliphatic rings. The van der Waals surface area contributed by atoms with Gasteiger partial charge in [0.05, 0.1) is 12.1 Å². The number of nitrogens with one attached hydrogen (secondary N) is 3. The summed E-state index contributed by atoms with van der Waals surface area (Å²) in [5.74, 6) is -0.805. The molecule has 1 heterocycles. The molecule has 1 fully saturated rings. The fourth-order valence-electron chi connectivity index (χ4n) is 4.09. The van der Waals surface area contributed by atoms with Crippen molar-refractivity contribution < 1.29 is 24.5 Å². The van der Waals surface area contributed by atoms with Gasteiger partial charge in [0.2, 0.25) is 0 Å². The van der Waals surface area contributed by atoms with Crippen molar-refractivity contribution >= 4 is 12.0 Å². The first-order chi connectivity index (χ1) is 16.4. The third kappa shape index (κ3) is 6.58. The third-order valence-electron chi connectivity index (χ3n) is 5.82. The number of aliphatic hydroxyl groups excluding tert-OH is 2. The Labute approximate surface area is 202 Å². The molecule has 35 heavy (non-hydrogen) atoms. The molecule has 190 valence electrons. The van der Waals surface area contributed by atoms with Gasteiger partial charge in [0.1, 0.15) is 11.7 Å². The second-order valence-electron chi connectivity index (χ2n) is 9.79. The third-order valence-corrected chi connectivity index (χ3v) is 5.82. The summed E-state index contributed by atoms with van der Waals surface area (Å²) in [6.45, 7) is 7.20. The van der Waals surface area contributed by atoms with Crippen LogP contribution in [0.15, 0.2) is 40.1 Å². The summed E-state index contributed by atoms with van der Waals surface area (Å²) in [7, 11) is 0. The van der Waals surface area contributed by atoms with Crippen molar-refractivity contribution in [3.05, 3.63) is 68.0 Å². The predicted octanol–water partition coefficient (Wildman–Crippen LogP) is 0.583. The summed E-state index contributed by atoms with van der Waals surface area (Å²) in [4.78, 5) is 50.7. The Bertz CT molecular complexity index is 1180. The lowest BCUT2D eigenvalue weighted by molar-refractivity contribution is 0.0212. The number of ether oxygens (including phenoxy) is 1. The van der Waals surface area contributed by atoms with E-state index in [-0.39, 0.29) is 25.4 Å². The number of benzene rings is 1. The minimum atomic E-state index is -1.23. The Morgan fingerprint density at radius 1 is 1.14 bits per heavy atom. The smallest absolute Gasteiger partial charge is 0.407 e. The van der Waals surface area contributed by atoms with Gasteiger partial charge in [-0.25, -0.2) is 9.59 Å². The molecule has 5 N–H and O–H groups in total. The SMILES string of the molecule is Cc1cn([C@@H]2[C@@H](CNC(=O)c3ccc(CNC(=O)OC(C)(C)C)cc3)C[C@@H](O)[C@H]2O)c(=O)[nH]c1=O. The van der Waals surface area contributed by atoms with Crippen molar-refractivity contribution in [1.82, 2.24) is 20.2 Å². The van der Waals surface area contributed by atoms with Gasteiger partial charge in [-0.3, -0.25) is 19.1 Å². The number of hydrogen-bond donors (Lipinski definition) is 5. The van der Waals surface area contributed by atoms with Crippen LogP contribution in [0.3, 0.4) is 0 Å². The van der Waals surface area contributed by atoms with Crippen LogP contribution in [0.4, 0.5) is 4.79 Å². The molecule has 0 spiro atoms. The minimum Gasteiger partial charge on any atom is -0.444 e. The van der Waals surface area contributed by atoms with Gasteiger partial charge in [0.25, 0.3) is 11.5 Å². The number of nitrogens with zero attached hydrogens (tertiary/aromatic N) is 1. The van der Waals surface area contributed by atoms with Crippen LogP contribution in [0.5, 0.6) is 0 Å². The Morgan fingerprint density at radius 2 is 1.80 bits per heavy atom. The molecule has 2 aromatic rings. The second-order valence-corrected chi connectivity index (χ2v) is 9.79. The normalized spacial score (nSPS) is 22.0. The summed E-state index contributed by atoms with van der Waals surface area (Å²) in [5, 5.41) is 26.1. The van der Waals surface area contributed by atoms with Gasteiger partial charge in [0.15, 0.2) is 0 Å². The first-order valence-electron chi connectivity index (χ1n) is 11.4. The molecule has 2 amide bonds. The van der Waals surface area contributed by atoms with E-state index < -0.39 is 47.1 Å². The maximum Gasteiger partial charge on any atom is 0.407 e. The topological polar surface area (TPSA) is 163 Å². The second kappa shape index (κ2) is 10.4. The highest BCUT2D eigenvalue weighted by Gasteiger charge is 2.43. The number of aromatic amines is 1. The van der Waals surface area contributed by atoms with Gasteiger partial charge < -0.3 is 25.6 Å². The highest BCUT2D eigenvalue weighted by Crippen LogP contribution is 2.35. The number of aliphatic hydroxyl groups is 2. The monoisotopic (exact) mass is 488 g/mol. The summed E-state index contributed by atoms with van der Waals surface area (Å²) in [6.07, 6.45) is -1.31. The summed E-state index contributed by atoms with van der Waals surface area (Å²) in [6, 6.07) is 5.84. The molecule has 11 heteroatoms. The Morgan fingerprint density at radius 3 is 2.43 bits per heavy atom. The molecule has 4 atom stereocenters. The maximum atomic E-state index is 12.7. The number of aromatic nitrogens is 2. The molecule has 0 unspecified atom stereocenters. The zero-order chi connectivity index (χ0) is 25.9. The molecule has 3 rings (SSSR count). The Balaban J connectivity index is 1.62. The van der Waals surface area contributed by atoms with Gasteiger partial charge >= 0.3 is 11.8 Å². The lowest BCUT2D eigenvalue weighted by Crippen LogP contribution is -2.41. The summed E-state index contributed by atoms with van der Waals surface area (Å²) in [5.41, 5.74) is -0.344. The van der Waals surface area contributed by atoms with Crippen LogP contribution in [0.1, 0.15) is 54.7 Å². The highest BCUT2D eigenvalue weighted by molar-refractivity contribution is 5.94. The largest absolute Gasteiger partial charge is 0.444 e. The van der Waals surface area contributed by atoms with Crippen molar-refractivity contribution in [2.45, 2.75) is 64.5 Å². The van der Waals surface area contributed by atoms with E-state index in [2.05, 4.69) is 15.6 Å². The predicted molar refractivity (Wildman–Crippen MR) is 127 cm³/mol. The number of carbonyl (C=O) groups excluding carboxylic acids is 2. The quantitative estimate of drug-likeness (QED) is 0.397. The van der Waals surface area contributed by atoms with E-state index in [0.29, 0.717) is 11.1 Å². The van der Waals surface area contributed by atoms with Crippen molar-refractivity contribution in [3.63, 3.8) is 0 Å². The fraction of sp³-hybridized carbons (Fsp3) is 0.500. The van der Waals surface area contributed by atoms with Crippen LogP contribution in [-0.2, 0) is 11.3 Å². The van der Waals surface area contributed by atoms with E-state index in [1.165, 1.54) is 17.7 Å². The van der Waals surface area contributed by atoms with Crippen molar-refractivity contribution in [1.29, 1.82) is 0 Å². The van der Waals surface area contributed by atoms with E-state index in [9.17, 15) is 29.4 Å². The molecule has 0 aliphatic heterocycles. The number of amides is 2. The molecular weight excluding hydrogens is 456 g/mol. The average Bonchev–Trinajstić information content (AvgIpc) is 3.05. The Kier molecular flexibility index (Phi) is 7.81. The first-order valence-corrected chi connectivity index (χ1v) is 11.4. The van der Waals surface area contributed by atoms with E-state index in [4.69, 9.17) is 4.74 Å². The fourth-order valence-corrected chi connectivity index (χ4v) is 4.09. The lowest BCUT2D eigenvalue weighted by atomic mass is 10.0. The maximum absolute atomic E-state index is 12.7. The molecule has 11 nitrogen and oxygen atoms in total. The molecule has 1 saturated carbocycles. The van der Waals surface area contributed by atoms with Gasteiger partial charge in [-0.05, 0) is 51.8 Å². The molecule has 1 aromatic carbocycles. The number of aryl methyl sites for hydroxylation is 1. The standard InChI is InChI=1S/C24H32N4O7/c1-13-12-28(22(33)27-20(13)31)18-16(9-17(29)19(18)30)11-25-21(32)15-7-5-14(6-8-15)10-26-23(34)35-24(2,3)4/h5-8,12,16-19,29-30H,9-11H2,1-4H3,(H,25,32)(H,26,34)(H,27,31,33)/t16-,17-,18-,19-/m1/s1. The molecule has 0 saturated heterocycles. The van der Waals surface area contributed by atoms with Gasteiger partial charge in [-0.15, -0.1) is 0 Å². The van der Waals surface area contributed by atoms with Crippen LogP contribution in [0.2, 0.25) is 0 Å². The van der Waals surface area contributed by atoms with Crippen molar-refractivity contribution in [3.8, 4) is 0 Å². The minimum absolute atomic E-state index is 0.101. The van der Waals surface area contributed by atoms with Gasteiger partial charge in [-0.2, -0.15) is 0 Å². The van der Waals surface area contributed by atoms with Crippen molar-refractivity contribution in [2.24, 2.45) is 5.92 Å². The van der Waals surface area contributed by atoms with Crippen LogP contribution < -0.4 is 21.9 Å². The number of hydrogen-bond acceptors (Lipinski definition) is 7. The zero-order valence-electron chi connectivity index (χ0n) is 20.2. The van der Waals surface area contributed by atoms with Crippen LogP contribution in [0.25, 0.3) is 0 Å². The number of rotatable bonds is 6. The number of H-pyrrole nitrogens is 1. The van der Waals surface area contributed by atoms with E-state index in [1.54, 1.807) is 45.0 Å². The van der Waals surface area contributed by atoms with E-state index >= 15 is 0 Å². The highest BCUT2D eigenvalue weighted by atomic mass is 16.6. The van der Waals surface area contributed by atoms with Crippen LogP contribution in [0, 0.1) is 12.8 Å². The van der Waals surface area contributed by atoms with Crippen molar-refractivity contribution in [2.75, 3.05) is 6.54 Å². The average molecular weight is 489 g/mol. The number of alkyl carbamates (subject to hydrolysis) is 1. The zero-order valence-corrected chi connectivity index (χ0v) is 20.2. The molecule has 1 aliphatic carbocycles. The molecule has 0 bridgehead atoms. The first kappa shape index (κ1) is 26.2. The van der Waals surface area contributed by atoms with Gasteiger partial charge in [-0.1, -0.05) is 12.1 Å².